The van der Waals surface area contributed by atoms with Crippen molar-refractivity contribution in [3.8, 4) is 5.75 Å². The Bertz CT molecular complexity index is 319. The fourth-order valence-corrected chi connectivity index (χ4v) is 1.35. The van der Waals surface area contributed by atoms with Crippen molar-refractivity contribution in [2.24, 2.45) is 0 Å². The minimum atomic E-state index is -2.88. The van der Waals surface area contributed by atoms with E-state index in [1.165, 1.54) is 7.11 Å². The van der Waals surface area contributed by atoms with Crippen LogP contribution in [0.2, 0.25) is 0 Å². The predicted molar refractivity (Wildman–Crippen MR) is 48.4 cm³/mol. The number of halogens is 4. The first-order chi connectivity index (χ1) is 6.06. The van der Waals surface area contributed by atoms with Crippen LogP contribution in [0, 0.1) is 9.65 Å². The molecule has 0 saturated carbocycles. The monoisotopic (exact) mass is 303 g/mol. The molecule has 0 unspecified atom stereocenters. The lowest BCUT2D eigenvalue weighted by Crippen LogP contribution is -1.99. The maximum atomic E-state index is 12.8. The van der Waals surface area contributed by atoms with Gasteiger partial charge in [-0.25, -0.2) is 13.8 Å². The Hall–Kier alpha value is -0.530. The van der Waals surface area contributed by atoms with Crippen molar-refractivity contribution in [1.29, 1.82) is 0 Å². The molecule has 0 amide bonds. The van der Waals surface area contributed by atoms with E-state index in [2.05, 4.69) is 4.98 Å². The first-order valence-electron chi connectivity index (χ1n) is 3.24. The number of pyridine rings is 1. The Morgan fingerprint density at radius 2 is 2.15 bits per heavy atom. The second kappa shape index (κ2) is 4.12. The molecule has 6 heteroatoms. The number of methoxy groups -OCH3 is 1. The van der Waals surface area contributed by atoms with Crippen LogP contribution in [0.15, 0.2) is 6.07 Å². The molecule has 0 saturated heterocycles. The van der Waals surface area contributed by atoms with Crippen molar-refractivity contribution in [1.82, 2.24) is 4.98 Å². The largest absolute Gasteiger partial charge is 0.494 e. The molecule has 0 aliphatic carbocycles. The Morgan fingerprint density at radius 1 is 1.54 bits per heavy atom. The molecular weight excluding hydrogens is 298 g/mol. The number of alkyl halides is 2. The molecule has 0 aromatic carbocycles. The Morgan fingerprint density at radius 3 is 2.62 bits per heavy atom. The predicted octanol–water partition coefficient (Wildman–Crippen LogP) is 2.77. The molecule has 0 atom stereocenters. The third kappa shape index (κ3) is 2.23. The molecule has 13 heavy (non-hydrogen) atoms. The minimum absolute atomic E-state index is 0.150. The summed E-state index contributed by atoms with van der Waals surface area (Å²) in [6.07, 6.45) is -2.88. The summed E-state index contributed by atoms with van der Waals surface area (Å²) in [5.74, 6) is -1.00. The van der Waals surface area contributed by atoms with Crippen LogP contribution in [0.25, 0.3) is 0 Å². The highest BCUT2D eigenvalue weighted by Gasteiger charge is 2.17. The Kier molecular flexibility index (Phi) is 3.34. The van der Waals surface area contributed by atoms with Gasteiger partial charge < -0.3 is 4.74 Å². The number of aromatic nitrogens is 1. The molecule has 0 radical (unpaired) electrons. The molecular formula is C7H5F3INO. The van der Waals surface area contributed by atoms with Crippen LogP contribution >= 0.6 is 22.6 Å². The molecule has 0 aliphatic heterocycles. The maximum Gasteiger partial charge on any atom is 0.268 e. The molecule has 1 heterocycles. The molecule has 2 nitrogen and oxygen atoms in total. The Balaban J connectivity index is 3.22. The number of ether oxygens (including phenoxy) is 1. The van der Waals surface area contributed by atoms with Crippen LogP contribution in [0.4, 0.5) is 13.2 Å². The van der Waals surface area contributed by atoms with Crippen LogP contribution in [0.1, 0.15) is 12.0 Å². The quantitative estimate of drug-likeness (QED) is 0.619. The van der Waals surface area contributed by atoms with E-state index in [0.29, 0.717) is 0 Å². The zero-order valence-electron chi connectivity index (χ0n) is 6.52. The molecule has 0 aliphatic rings. The summed E-state index contributed by atoms with van der Waals surface area (Å²) in [5.41, 5.74) is -0.739. The lowest BCUT2D eigenvalue weighted by molar-refractivity contribution is 0.144. The van der Waals surface area contributed by atoms with Crippen molar-refractivity contribution >= 4 is 22.6 Å². The number of hydrogen-bond donors (Lipinski definition) is 0. The molecule has 1 aromatic rings. The topological polar surface area (TPSA) is 22.1 Å². The van der Waals surface area contributed by atoms with Gasteiger partial charge in [-0.15, -0.1) is 0 Å². The fraction of sp³-hybridized carbons (Fsp3) is 0.286. The summed E-state index contributed by atoms with van der Waals surface area (Å²) < 4.78 is 42.0. The van der Waals surface area contributed by atoms with Gasteiger partial charge in [0, 0.05) is 0 Å². The Labute approximate surface area is 86.3 Å². The normalized spacial score (nSPS) is 10.6. The van der Waals surface area contributed by atoms with Gasteiger partial charge in [-0.1, -0.05) is 0 Å². The van der Waals surface area contributed by atoms with Crippen LogP contribution < -0.4 is 4.74 Å². The lowest BCUT2D eigenvalue weighted by Gasteiger charge is -2.06. The van der Waals surface area contributed by atoms with Gasteiger partial charge in [0.25, 0.3) is 6.43 Å². The van der Waals surface area contributed by atoms with Gasteiger partial charge in [0.2, 0.25) is 5.95 Å². The van der Waals surface area contributed by atoms with Gasteiger partial charge in [-0.3, -0.25) is 0 Å². The van der Waals surface area contributed by atoms with Crippen LogP contribution in [0.5, 0.6) is 5.75 Å². The van der Waals surface area contributed by atoms with Gasteiger partial charge in [0.05, 0.1) is 12.7 Å². The van der Waals surface area contributed by atoms with E-state index in [4.69, 9.17) is 4.74 Å². The maximum absolute atomic E-state index is 12.8. The highest BCUT2D eigenvalue weighted by atomic mass is 127. The van der Waals surface area contributed by atoms with E-state index in [9.17, 15) is 13.2 Å². The van der Waals surface area contributed by atoms with E-state index >= 15 is 0 Å². The first kappa shape index (κ1) is 10.6. The smallest absolute Gasteiger partial charge is 0.268 e. The van der Waals surface area contributed by atoms with E-state index in [0.717, 1.165) is 6.07 Å². The summed E-state index contributed by atoms with van der Waals surface area (Å²) in [7, 11) is 1.31. The van der Waals surface area contributed by atoms with Gasteiger partial charge >= 0.3 is 0 Å². The minimum Gasteiger partial charge on any atom is -0.494 e. The lowest BCUT2D eigenvalue weighted by atomic mass is 10.3. The number of hydrogen-bond acceptors (Lipinski definition) is 2. The van der Waals surface area contributed by atoms with Crippen molar-refractivity contribution in [3.63, 3.8) is 0 Å². The van der Waals surface area contributed by atoms with Crippen molar-refractivity contribution in [2.75, 3.05) is 7.11 Å². The molecule has 1 rings (SSSR count). The van der Waals surface area contributed by atoms with Gasteiger partial charge in [0.15, 0.2) is 5.75 Å². The number of nitrogens with zero attached hydrogens (tertiary/aromatic N) is 1. The van der Waals surface area contributed by atoms with Gasteiger partial charge in [-0.2, -0.15) is 4.39 Å². The second-order valence-electron chi connectivity index (χ2n) is 2.16. The highest BCUT2D eigenvalue weighted by Crippen LogP contribution is 2.27. The molecule has 72 valence electrons. The average molecular weight is 303 g/mol. The van der Waals surface area contributed by atoms with E-state index in [-0.39, 0.29) is 9.45 Å². The molecule has 0 N–H and O–H groups in total. The van der Waals surface area contributed by atoms with E-state index in [1.807, 2.05) is 0 Å². The summed E-state index contributed by atoms with van der Waals surface area (Å²) in [4.78, 5) is 3.28. The third-order valence-corrected chi connectivity index (χ3v) is 2.15. The molecule has 1 aromatic heterocycles. The second-order valence-corrected chi connectivity index (χ2v) is 3.18. The average Bonchev–Trinajstić information content (AvgIpc) is 2.03. The highest BCUT2D eigenvalue weighted by molar-refractivity contribution is 14.1. The third-order valence-electron chi connectivity index (χ3n) is 1.38. The van der Waals surface area contributed by atoms with Crippen molar-refractivity contribution in [2.45, 2.75) is 6.43 Å². The van der Waals surface area contributed by atoms with Crippen molar-refractivity contribution < 1.29 is 17.9 Å². The zero-order chi connectivity index (χ0) is 10.0. The number of rotatable bonds is 2. The van der Waals surface area contributed by atoms with Gasteiger partial charge in [-0.05, 0) is 28.7 Å². The molecule has 0 bridgehead atoms. The van der Waals surface area contributed by atoms with Gasteiger partial charge in [0.1, 0.15) is 3.70 Å². The summed E-state index contributed by atoms with van der Waals surface area (Å²) in [6.45, 7) is 0. The van der Waals surface area contributed by atoms with Crippen LogP contribution in [-0.4, -0.2) is 12.1 Å². The fourth-order valence-electron chi connectivity index (χ4n) is 0.762. The standard InChI is InChI=1S/C7H5F3INO/c1-13-4-2-3(5(8)9)6(10)12-7(4)11/h2,5H,1H3. The summed E-state index contributed by atoms with van der Waals surface area (Å²) in [6, 6.07) is 0.953. The van der Waals surface area contributed by atoms with E-state index in [1.54, 1.807) is 22.6 Å². The SMILES string of the molecule is COc1cc(C(F)F)c(F)nc1I. The zero-order valence-corrected chi connectivity index (χ0v) is 8.68. The van der Waals surface area contributed by atoms with Crippen molar-refractivity contribution in [3.05, 3.63) is 21.3 Å². The summed E-state index contributed by atoms with van der Waals surface area (Å²) in [5, 5.41) is 0. The molecule has 0 fully saturated rings. The summed E-state index contributed by atoms with van der Waals surface area (Å²) >= 11 is 1.71. The van der Waals surface area contributed by atoms with E-state index < -0.39 is 17.9 Å². The van der Waals surface area contributed by atoms with Crippen LogP contribution in [-0.2, 0) is 0 Å². The van der Waals surface area contributed by atoms with Crippen LogP contribution in [0.3, 0.4) is 0 Å². The first-order valence-corrected chi connectivity index (χ1v) is 4.32. The molecule has 0 spiro atoms.